The van der Waals surface area contributed by atoms with Crippen molar-refractivity contribution in [2.45, 2.75) is 31.3 Å². The lowest BCUT2D eigenvalue weighted by atomic mass is 9.94. The molecule has 1 saturated heterocycles. The van der Waals surface area contributed by atoms with Crippen LogP contribution in [-0.4, -0.2) is 44.8 Å². The van der Waals surface area contributed by atoms with Gasteiger partial charge in [-0.1, -0.05) is 36.4 Å². The van der Waals surface area contributed by atoms with Gasteiger partial charge in [0.25, 0.3) is 5.91 Å². The summed E-state index contributed by atoms with van der Waals surface area (Å²) in [6.45, 7) is 0. The van der Waals surface area contributed by atoms with Gasteiger partial charge >= 0.3 is 0 Å². The summed E-state index contributed by atoms with van der Waals surface area (Å²) in [5.74, 6) is 0.548. The fraction of sp³-hybridized carbons (Fsp3) is 0.318. The fourth-order valence-corrected chi connectivity index (χ4v) is 4.60. The summed E-state index contributed by atoms with van der Waals surface area (Å²) >= 11 is 0. The second-order valence-corrected chi connectivity index (χ2v) is 7.48. The van der Waals surface area contributed by atoms with Crippen LogP contribution in [-0.2, 0) is 7.05 Å². The second-order valence-electron chi connectivity index (χ2n) is 7.48. The lowest BCUT2D eigenvalue weighted by Crippen LogP contribution is -2.43. The molecular weight excluding hydrogens is 352 g/mol. The fourth-order valence-electron chi connectivity index (χ4n) is 4.60. The second kappa shape index (κ2) is 6.48. The maximum absolute atomic E-state index is 13.5. The van der Waals surface area contributed by atoms with Crippen molar-refractivity contribution in [3.05, 3.63) is 59.9 Å². The van der Waals surface area contributed by atoms with Crippen LogP contribution in [0.5, 0.6) is 5.75 Å². The summed E-state index contributed by atoms with van der Waals surface area (Å²) in [5.41, 5.74) is 3.81. The van der Waals surface area contributed by atoms with Crippen LogP contribution in [0.15, 0.2) is 48.8 Å². The van der Waals surface area contributed by atoms with Crippen LogP contribution in [0.2, 0.25) is 0 Å². The first-order valence-corrected chi connectivity index (χ1v) is 9.61. The third-order valence-corrected chi connectivity index (χ3v) is 5.92. The summed E-state index contributed by atoms with van der Waals surface area (Å²) in [5, 5.41) is 5.01. The van der Waals surface area contributed by atoms with Crippen LogP contribution in [0.1, 0.15) is 35.2 Å². The van der Waals surface area contributed by atoms with E-state index in [1.165, 1.54) is 11.1 Å². The molecule has 1 aromatic carbocycles. The highest BCUT2D eigenvalue weighted by Crippen LogP contribution is 2.40. The summed E-state index contributed by atoms with van der Waals surface area (Å²) in [4.78, 5) is 20.0. The number of rotatable bonds is 3. The Hall–Kier alpha value is -3.15. The number of ether oxygens (including phenoxy) is 1. The van der Waals surface area contributed by atoms with Gasteiger partial charge in [-0.05, 0) is 30.4 Å². The molecule has 28 heavy (non-hydrogen) atoms. The topological polar surface area (TPSA) is 60.2 Å². The van der Waals surface area contributed by atoms with E-state index in [4.69, 9.17) is 4.74 Å². The van der Waals surface area contributed by atoms with E-state index in [9.17, 15) is 4.79 Å². The first-order valence-electron chi connectivity index (χ1n) is 9.61. The zero-order valence-corrected chi connectivity index (χ0v) is 16.0. The molecule has 0 aliphatic carbocycles. The average Bonchev–Trinajstić information content (AvgIpc) is 3.23. The van der Waals surface area contributed by atoms with Crippen LogP contribution in [0.25, 0.3) is 16.6 Å². The quantitative estimate of drug-likeness (QED) is 0.705. The number of hydrogen-bond donors (Lipinski definition) is 0. The highest BCUT2D eigenvalue weighted by molar-refractivity contribution is 6.02. The predicted octanol–water partition coefficient (Wildman–Crippen LogP) is 3.44. The van der Waals surface area contributed by atoms with Gasteiger partial charge in [0.2, 0.25) is 0 Å². The minimum Gasteiger partial charge on any atom is -0.495 e. The van der Waals surface area contributed by atoms with Crippen molar-refractivity contribution < 1.29 is 9.53 Å². The normalized spacial score (nSPS) is 21.1. The molecule has 2 bridgehead atoms. The van der Waals surface area contributed by atoms with Gasteiger partial charge in [-0.25, -0.2) is 4.98 Å². The van der Waals surface area contributed by atoms with E-state index >= 15 is 0 Å². The summed E-state index contributed by atoms with van der Waals surface area (Å²) < 4.78 is 7.30. The Morgan fingerprint density at radius 1 is 1.18 bits per heavy atom. The van der Waals surface area contributed by atoms with Crippen LogP contribution in [0, 0.1) is 0 Å². The smallest absolute Gasteiger partial charge is 0.259 e. The zero-order valence-electron chi connectivity index (χ0n) is 16.0. The Labute approximate surface area is 163 Å². The summed E-state index contributed by atoms with van der Waals surface area (Å²) in [6, 6.07) is 10.8. The van der Waals surface area contributed by atoms with Gasteiger partial charge in [0.1, 0.15) is 11.3 Å². The standard InChI is InChI=1S/C22H22N4O2/c1-25-21-18(13-24-25)20(28-2)19(12-23-21)22(27)26-16-8-9-17(26)11-15(10-16)14-6-4-3-5-7-14/h3-7,10,12-13,16-17H,8-9,11H2,1-2H3. The third kappa shape index (κ3) is 2.52. The predicted molar refractivity (Wildman–Crippen MR) is 107 cm³/mol. The number of benzene rings is 1. The number of methoxy groups -OCH3 is 1. The molecule has 6 heteroatoms. The highest BCUT2D eigenvalue weighted by Gasteiger charge is 2.41. The molecule has 6 nitrogen and oxygen atoms in total. The van der Waals surface area contributed by atoms with Gasteiger partial charge in [-0.2, -0.15) is 5.10 Å². The van der Waals surface area contributed by atoms with E-state index in [-0.39, 0.29) is 18.0 Å². The molecule has 142 valence electrons. The van der Waals surface area contributed by atoms with Gasteiger partial charge < -0.3 is 9.64 Å². The Balaban J connectivity index is 1.52. The van der Waals surface area contributed by atoms with Crippen molar-refractivity contribution in [1.29, 1.82) is 0 Å². The number of aromatic nitrogens is 3. The lowest BCUT2D eigenvalue weighted by molar-refractivity contribution is 0.0689. The molecule has 0 spiro atoms. The minimum atomic E-state index is -0.00837. The molecule has 0 saturated carbocycles. The van der Waals surface area contributed by atoms with Crippen molar-refractivity contribution >= 4 is 22.5 Å². The Morgan fingerprint density at radius 3 is 2.75 bits per heavy atom. The minimum absolute atomic E-state index is 0.00837. The maximum atomic E-state index is 13.5. The number of hydrogen-bond acceptors (Lipinski definition) is 4. The number of nitrogens with zero attached hydrogens (tertiary/aromatic N) is 4. The zero-order chi connectivity index (χ0) is 19.3. The lowest BCUT2D eigenvalue weighted by Gasteiger charge is -2.34. The largest absolute Gasteiger partial charge is 0.495 e. The molecule has 5 rings (SSSR count). The monoisotopic (exact) mass is 374 g/mol. The summed E-state index contributed by atoms with van der Waals surface area (Å²) in [7, 11) is 3.42. The van der Waals surface area contributed by atoms with Gasteiger partial charge in [-0.3, -0.25) is 9.48 Å². The maximum Gasteiger partial charge on any atom is 0.259 e. The molecule has 1 fully saturated rings. The number of carbonyl (C=O) groups is 1. The van der Waals surface area contributed by atoms with E-state index in [0.29, 0.717) is 17.0 Å². The Bertz CT molecular complexity index is 1090. The van der Waals surface area contributed by atoms with E-state index in [2.05, 4.69) is 40.4 Å². The van der Waals surface area contributed by atoms with Crippen LogP contribution in [0.3, 0.4) is 0 Å². The third-order valence-electron chi connectivity index (χ3n) is 5.92. The molecular formula is C22H22N4O2. The molecule has 0 radical (unpaired) electrons. The molecule has 2 aliphatic rings. The van der Waals surface area contributed by atoms with E-state index in [1.54, 1.807) is 24.2 Å². The first kappa shape index (κ1) is 17.0. The molecule has 1 amide bonds. The number of amides is 1. The molecule has 0 N–H and O–H groups in total. The Kier molecular flexibility index (Phi) is 3.93. The molecule has 3 aromatic rings. The highest BCUT2D eigenvalue weighted by atomic mass is 16.5. The summed E-state index contributed by atoms with van der Waals surface area (Å²) in [6.07, 6.45) is 8.50. The first-order chi connectivity index (χ1) is 13.7. The van der Waals surface area contributed by atoms with Crippen molar-refractivity contribution in [3.8, 4) is 5.75 Å². The van der Waals surface area contributed by atoms with Crippen LogP contribution in [0.4, 0.5) is 0 Å². The molecule has 2 unspecified atom stereocenters. The van der Waals surface area contributed by atoms with Crippen molar-refractivity contribution in [2.75, 3.05) is 7.11 Å². The van der Waals surface area contributed by atoms with Crippen LogP contribution >= 0.6 is 0 Å². The molecule has 2 aromatic heterocycles. The Morgan fingerprint density at radius 2 is 2.00 bits per heavy atom. The SMILES string of the molecule is COc1c(C(=O)N2C3C=C(c4ccccc4)CC2CC3)cnc2c1cnn2C. The molecule has 2 atom stereocenters. The van der Waals surface area contributed by atoms with E-state index < -0.39 is 0 Å². The van der Waals surface area contributed by atoms with E-state index in [1.807, 2.05) is 18.0 Å². The molecule has 4 heterocycles. The van der Waals surface area contributed by atoms with Crippen LogP contribution < -0.4 is 4.74 Å². The van der Waals surface area contributed by atoms with E-state index in [0.717, 1.165) is 24.6 Å². The average molecular weight is 374 g/mol. The van der Waals surface area contributed by atoms with Gasteiger partial charge in [0.15, 0.2) is 5.65 Å². The van der Waals surface area contributed by atoms with Crippen molar-refractivity contribution in [2.24, 2.45) is 7.05 Å². The van der Waals surface area contributed by atoms with Gasteiger partial charge in [-0.15, -0.1) is 0 Å². The number of carbonyl (C=O) groups excluding carboxylic acids is 1. The number of pyridine rings is 1. The van der Waals surface area contributed by atoms with Gasteiger partial charge in [0.05, 0.1) is 24.7 Å². The van der Waals surface area contributed by atoms with Crippen molar-refractivity contribution in [3.63, 3.8) is 0 Å². The van der Waals surface area contributed by atoms with Crippen molar-refractivity contribution in [1.82, 2.24) is 19.7 Å². The van der Waals surface area contributed by atoms with Gasteiger partial charge in [0, 0.05) is 19.3 Å². The number of aryl methyl sites for hydroxylation is 1. The number of fused-ring (bicyclic) bond motifs is 3. The molecule has 2 aliphatic heterocycles.